The molecule has 0 saturated heterocycles. The SMILES string of the molecule is c1ccc(-c2cccc(Oc3cccc(-c4ccccc4)c3-c3ccccc3)c2-c2ccccc2)cc1. The van der Waals surface area contributed by atoms with Crippen LogP contribution in [0.1, 0.15) is 0 Å². The molecule has 6 aromatic rings. The average molecular weight is 475 g/mol. The molecule has 0 aliphatic rings. The molecular weight excluding hydrogens is 448 g/mol. The fourth-order valence-electron chi connectivity index (χ4n) is 4.87. The fraction of sp³-hybridized carbons (Fsp3) is 0. The van der Waals surface area contributed by atoms with Crippen LogP contribution in [0.15, 0.2) is 158 Å². The number of ether oxygens (including phenoxy) is 1. The molecule has 0 spiro atoms. The van der Waals surface area contributed by atoms with Crippen LogP contribution in [0.3, 0.4) is 0 Å². The van der Waals surface area contributed by atoms with E-state index in [-0.39, 0.29) is 0 Å². The van der Waals surface area contributed by atoms with Crippen molar-refractivity contribution >= 4 is 0 Å². The van der Waals surface area contributed by atoms with Crippen molar-refractivity contribution in [2.24, 2.45) is 0 Å². The van der Waals surface area contributed by atoms with E-state index in [1.807, 2.05) is 24.3 Å². The van der Waals surface area contributed by atoms with E-state index >= 15 is 0 Å². The highest BCUT2D eigenvalue weighted by Crippen LogP contribution is 2.45. The Morgan fingerprint density at radius 3 is 0.946 bits per heavy atom. The van der Waals surface area contributed by atoms with Crippen LogP contribution >= 0.6 is 0 Å². The van der Waals surface area contributed by atoms with Crippen LogP contribution in [-0.2, 0) is 0 Å². The predicted octanol–water partition coefficient (Wildman–Crippen LogP) is 10.1. The Morgan fingerprint density at radius 1 is 0.270 bits per heavy atom. The summed E-state index contributed by atoms with van der Waals surface area (Å²) in [6.45, 7) is 0. The van der Waals surface area contributed by atoms with Crippen molar-refractivity contribution in [3.63, 3.8) is 0 Å². The Balaban J connectivity index is 1.56. The molecule has 0 atom stereocenters. The highest BCUT2D eigenvalue weighted by atomic mass is 16.5. The molecule has 0 bridgehead atoms. The first-order valence-corrected chi connectivity index (χ1v) is 12.5. The van der Waals surface area contributed by atoms with Gasteiger partial charge in [0.1, 0.15) is 11.5 Å². The summed E-state index contributed by atoms with van der Waals surface area (Å²) in [7, 11) is 0. The van der Waals surface area contributed by atoms with E-state index in [0.717, 1.165) is 56.0 Å². The first-order valence-electron chi connectivity index (χ1n) is 12.5. The van der Waals surface area contributed by atoms with Gasteiger partial charge in [-0.25, -0.2) is 0 Å². The largest absolute Gasteiger partial charge is 0.456 e. The summed E-state index contributed by atoms with van der Waals surface area (Å²) in [5, 5.41) is 0. The summed E-state index contributed by atoms with van der Waals surface area (Å²) in [6, 6.07) is 54.6. The van der Waals surface area contributed by atoms with E-state index in [2.05, 4.69) is 133 Å². The summed E-state index contributed by atoms with van der Waals surface area (Å²) in [5.41, 5.74) is 9.02. The lowest BCUT2D eigenvalue weighted by Gasteiger charge is -2.20. The molecule has 6 aromatic carbocycles. The van der Waals surface area contributed by atoms with E-state index in [0.29, 0.717) is 0 Å². The monoisotopic (exact) mass is 474 g/mol. The number of rotatable bonds is 6. The molecule has 0 radical (unpaired) electrons. The third kappa shape index (κ3) is 4.68. The second-order valence-electron chi connectivity index (χ2n) is 8.92. The van der Waals surface area contributed by atoms with E-state index in [1.165, 1.54) is 0 Å². The van der Waals surface area contributed by atoms with Crippen LogP contribution in [0.5, 0.6) is 11.5 Å². The van der Waals surface area contributed by atoms with Gasteiger partial charge in [0.2, 0.25) is 0 Å². The zero-order chi connectivity index (χ0) is 24.9. The molecule has 0 N–H and O–H groups in total. The first-order chi connectivity index (χ1) is 18.4. The van der Waals surface area contributed by atoms with Crippen LogP contribution < -0.4 is 4.74 Å². The lowest BCUT2D eigenvalue weighted by Crippen LogP contribution is -1.95. The standard InChI is InChI=1S/C36H26O/c1-5-15-27(16-6-1)31-23-13-25-33(35(31)29-19-9-3-10-20-29)37-34-26-14-24-32(28-17-7-2-8-18-28)36(34)30-21-11-4-12-22-30/h1-26H. The van der Waals surface area contributed by atoms with Gasteiger partial charge in [-0.1, -0.05) is 146 Å². The van der Waals surface area contributed by atoms with Crippen molar-refractivity contribution < 1.29 is 4.74 Å². The number of benzene rings is 6. The normalized spacial score (nSPS) is 10.7. The molecular formula is C36H26O. The van der Waals surface area contributed by atoms with Gasteiger partial charge in [-0.3, -0.25) is 0 Å². The van der Waals surface area contributed by atoms with Crippen molar-refractivity contribution in [1.29, 1.82) is 0 Å². The molecule has 176 valence electrons. The van der Waals surface area contributed by atoms with Crippen LogP contribution in [0.2, 0.25) is 0 Å². The molecule has 37 heavy (non-hydrogen) atoms. The minimum atomic E-state index is 0.829. The molecule has 0 heterocycles. The maximum atomic E-state index is 6.87. The van der Waals surface area contributed by atoms with Crippen molar-refractivity contribution in [2.45, 2.75) is 0 Å². The Bertz CT molecular complexity index is 1480. The first kappa shape index (κ1) is 22.6. The lowest BCUT2D eigenvalue weighted by atomic mass is 9.92. The van der Waals surface area contributed by atoms with Gasteiger partial charge in [0, 0.05) is 11.1 Å². The van der Waals surface area contributed by atoms with E-state index in [4.69, 9.17) is 4.74 Å². The van der Waals surface area contributed by atoms with Gasteiger partial charge in [0.15, 0.2) is 0 Å². The van der Waals surface area contributed by atoms with Crippen molar-refractivity contribution in [1.82, 2.24) is 0 Å². The Labute approximate surface area is 218 Å². The second-order valence-corrected chi connectivity index (χ2v) is 8.92. The van der Waals surface area contributed by atoms with Crippen molar-refractivity contribution in [3.05, 3.63) is 158 Å². The highest BCUT2D eigenvalue weighted by molar-refractivity contribution is 5.90. The number of hydrogen-bond acceptors (Lipinski definition) is 1. The zero-order valence-corrected chi connectivity index (χ0v) is 20.4. The highest BCUT2D eigenvalue weighted by Gasteiger charge is 2.18. The summed E-state index contributed by atoms with van der Waals surface area (Å²) in [5.74, 6) is 1.66. The van der Waals surface area contributed by atoms with Crippen molar-refractivity contribution in [3.8, 4) is 56.0 Å². The molecule has 0 aliphatic carbocycles. The van der Waals surface area contributed by atoms with Crippen molar-refractivity contribution in [2.75, 3.05) is 0 Å². The topological polar surface area (TPSA) is 9.23 Å². The molecule has 0 saturated carbocycles. The summed E-state index contributed by atoms with van der Waals surface area (Å²) >= 11 is 0. The molecule has 1 heteroatoms. The molecule has 6 rings (SSSR count). The van der Waals surface area contributed by atoms with E-state index in [1.54, 1.807) is 0 Å². The minimum Gasteiger partial charge on any atom is -0.456 e. The van der Waals surface area contributed by atoms with Gasteiger partial charge in [-0.2, -0.15) is 0 Å². The van der Waals surface area contributed by atoms with Gasteiger partial charge >= 0.3 is 0 Å². The van der Waals surface area contributed by atoms with Gasteiger partial charge in [-0.05, 0) is 45.5 Å². The smallest absolute Gasteiger partial charge is 0.135 e. The molecule has 0 aliphatic heterocycles. The molecule has 0 fully saturated rings. The summed E-state index contributed by atoms with van der Waals surface area (Å²) in [6.07, 6.45) is 0. The predicted molar refractivity (Wildman–Crippen MR) is 155 cm³/mol. The lowest BCUT2D eigenvalue weighted by molar-refractivity contribution is 0.486. The third-order valence-corrected chi connectivity index (χ3v) is 6.57. The Hall–Kier alpha value is -4.88. The van der Waals surface area contributed by atoms with Gasteiger partial charge in [0.25, 0.3) is 0 Å². The fourth-order valence-corrected chi connectivity index (χ4v) is 4.87. The van der Waals surface area contributed by atoms with Crippen LogP contribution in [0.4, 0.5) is 0 Å². The molecule has 0 amide bonds. The third-order valence-electron chi connectivity index (χ3n) is 6.57. The Morgan fingerprint density at radius 2 is 0.595 bits per heavy atom. The van der Waals surface area contributed by atoms with Gasteiger partial charge in [0.05, 0.1) is 0 Å². The maximum absolute atomic E-state index is 6.87. The van der Waals surface area contributed by atoms with E-state index < -0.39 is 0 Å². The Kier molecular flexibility index (Phi) is 6.34. The van der Waals surface area contributed by atoms with Crippen LogP contribution in [-0.4, -0.2) is 0 Å². The quantitative estimate of drug-likeness (QED) is 0.233. The van der Waals surface area contributed by atoms with Crippen LogP contribution in [0, 0.1) is 0 Å². The number of hydrogen-bond donors (Lipinski definition) is 0. The second kappa shape index (κ2) is 10.4. The molecule has 0 aromatic heterocycles. The summed E-state index contributed by atoms with van der Waals surface area (Å²) < 4.78 is 6.87. The van der Waals surface area contributed by atoms with Crippen LogP contribution in [0.25, 0.3) is 44.5 Å². The minimum absolute atomic E-state index is 0.829. The molecule has 1 nitrogen and oxygen atoms in total. The average Bonchev–Trinajstić information content (AvgIpc) is 2.99. The van der Waals surface area contributed by atoms with Gasteiger partial charge < -0.3 is 4.74 Å². The van der Waals surface area contributed by atoms with E-state index in [9.17, 15) is 0 Å². The summed E-state index contributed by atoms with van der Waals surface area (Å²) in [4.78, 5) is 0. The van der Waals surface area contributed by atoms with Gasteiger partial charge in [-0.15, -0.1) is 0 Å². The molecule has 0 unspecified atom stereocenters. The zero-order valence-electron chi connectivity index (χ0n) is 20.4. The maximum Gasteiger partial charge on any atom is 0.135 e.